The van der Waals surface area contributed by atoms with Gasteiger partial charge in [0.2, 0.25) is 0 Å². The van der Waals surface area contributed by atoms with Crippen molar-refractivity contribution in [2.24, 2.45) is 0 Å². The highest BCUT2D eigenvalue weighted by atomic mass is 79.9. The summed E-state index contributed by atoms with van der Waals surface area (Å²) in [4.78, 5) is 10.7. The standard InChI is InChI=1S/C6H10Br2O2/c1-2-10-6(9)5(8)3-4-7/h5H,2-4H2,1H3/t5-/m1/s1. The van der Waals surface area contributed by atoms with Crippen LogP contribution in [0.1, 0.15) is 13.3 Å². The highest BCUT2D eigenvalue weighted by Crippen LogP contribution is 2.08. The van der Waals surface area contributed by atoms with Gasteiger partial charge in [-0.15, -0.1) is 0 Å². The van der Waals surface area contributed by atoms with E-state index >= 15 is 0 Å². The van der Waals surface area contributed by atoms with Crippen LogP contribution < -0.4 is 0 Å². The molecule has 0 saturated heterocycles. The van der Waals surface area contributed by atoms with Crippen LogP contribution in [0.3, 0.4) is 0 Å². The van der Waals surface area contributed by atoms with Crippen molar-refractivity contribution in [2.75, 3.05) is 11.9 Å². The van der Waals surface area contributed by atoms with E-state index in [0.717, 1.165) is 11.8 Å². The zero-order chi connectivity index (χ0) is 7.98. The molecule has 0 fully saturated rings. The third-order valence-corrected chi connectivity index (χ3v) is 2.19. The minimum Gasteiger partial charge on any atom is -0.465 e. The maximum Gasteiger partial charge on any atom is 0.319 e. The minimum absolute atomic E-state index is 0.160. The fraction of sp³-hybridized carbons (Fsp3) is 0.833. The summed E-state index contributed by atoms with van der Waals surface area (Å²) < 4.78 is 4.75. The van der Waals surface area contributed by atoms with Crippen LogP contribution in [0.2, 0.25) is 0 Å². The van der Waals surface area contributed by atoms with Crippen LogP contribution in [-0.4, -0.2) is 22.7 Å². The zero-order valence-electron chi connectivity index (χ0n) is 5.77. The SMILES string of the molecule is CCOC(=O)[C@H](Br)CCBr. The van der Waals surface area contributed by atoms with Gasteiger partial charge in [0.1, 0.15) is 4.83 Å². The maximum atomic E-state index is 10.8. The van der Waals surface area contributed by atoms with E-state index in [2.05, 4.69) is 31.9 Å². The Bertz CT molecular complexity index is 106. The summed E-state index contributed by atoms with van der Waals surface area (Å²) in [6.07, 6.45) is 0.763. The average molecular weight is 274 g/mol. The van der Waals surface area contributed by atoms with Crippen LogP contribution in [0.4, 0.5) is 0 Å². The Kier molecular flexibility index (Phi) is 6.43. The molecule has 0 aromatic heterocycles. The van der Waals surface area contributed by atoms with E-state index in [4.69, 9.17) is 4.74 Å². The normalized spacial score (nSPS) is 12.7. The molecule has 0 aromatic carbocycles. The van der Waals surface area contributed by atoms with Crippen molar-refractivity contribution < 1.29 is 9.53 Å². The molecule has 0 rings (SSSR count). The summed E-state index contributed by atoms with van der Waals surface area (Å²) in [7, 11) is 0. The molecule has 0 aliphatic rings. The molecule has 60 valence electrons. The number of halogens is 2. The van der Waals surface area contributed by atoms with Crippen molar-refractivity contribution in [2.45, 2.75) is 18.2 Å². The molecule has 0 amide bonds. The lowest BCUT2D eigenvalue weighted by Gasteiger charge is -2.05. The summed E-state index contributed by atoms with van der Waals surface area (Å²) in [6.45, 7) is 2.25. The fourth-order valence-corrected chi connectivity index (χ4v) is 1.88. The Morgan fingerprint density at radius 3 is 2.70 bits per heavy atom. The number of rotatable bonds is 4. The topological polar surface area (TPSA) is 26.3 Å². The minimum atomic E-state index is -0.179. The van der Waals surface area contributed by atoms with Gasteiger partial charge in [-0.05, 0) is 13.3 Å². The van der Waals surface area contributed by atoms with E-state index in [9.17, 15) is 4.79 Å². The Labute approximate surface area is 77.6 Å². The lowest BCUT2D eigenvalue weighted by molar-refractivity contribution is -0.142. The summed E-state index contributed by atoms with van der Waals surface area (Å²) >= 11 is 6.43. The smallest absolute Gasteiger partial charge is 0.319 e. The van der Waals surface area contributed by atoms with Crippen molar-refractivity contribution in [3.8, 4) is 0 Å². The van der Waals surface area contributed by atoms with E-state index in [1.54, 1.807) is 6.92 Å². The van der Waals surface area contributed by atoms with Crippen molar-refractivity contribution in [1.29, 1.82) is 0 Å². The predicted octanol–water partition coefficient (Wildman–Crippen LogP) is 2.10. The van der Waals surface area contributed by atoms with Crippen molar-refractivity contribution in [3.63, 3.8) is 0 Å². The van der Waals surface area contributed by atoms with Crippen LogP contribution >= 0.6 is 31.9 Å². The zero-order valence-corrected chi connectivity index (χ0v) is 8.94. The highest BCUT2D eigenvalue weighted by molar-refractivity contribution is 9.10. The first-order chi connectivity index (χ1) is 4.72. The first-order valence-electron chi connectivity index (χ1n) is 3.09. The monoisotopic (exact) mass is 272 g/mol. The second-order valence-corrected chi connectivity index (χ2v) is 3.60. The van der Waals surface area contributed by atoms with Gasteiger partial charge in [-0.25, -0.2) is 0 Å². The van der Waals surface area contributed by atoms with Gasteiger partial charge < -0.3 is 4.74 Å². The summed E-state index contributed by atoms with van der Waals surface area (Å²) in [5.74, 6) is -0.179. The number of alkyl halides is 2. The molecule has 1 atom stereocenters. The van der Waals surface area contributed by atoms with Crippen LogP contribution in [-0.2, 0) is 9.53 Å². The second-order valence-electron chi connectivity index (χ2n) is 1.70. The molecule has 0 heterocycles. The fourth-order valence-electron chi connectivity index (χ4n) is 0.446. The van der Waals surface area contributed by atoms with Crippen molar-refractivity contribution in [3.05, 3.63) is 0 Å². The molecule has 2 nitrogen and oxygen atoms in total. The Morgan fingerprint density at radius 2 is 2.30 bits per heavy atom. The molecule has 4 heteroatoms. The second kappa shape index (κ2) is 6.16. The third kappa shape index (κ3) is 4.28. The van der Waals surface area contributed by atoms with Gasteiger partial charge in [0, 0.05) is 5.33 Å². The predicted molar refractivity (Wildman–Crippen MR) is 47.8 cm³/mol. The van der Waals surface area contributed by atoms with Crippen LogP contribution in [0, 0.1) is 0 Å². The van der Waals surface area contributed by atoms with Gasteiger partial charge in [-0.2, -0.15) is 0 Å². The quantitative estimate of drug-likeness (QED) is 0.579. The highest BCUT2D eigenvalue weighted by Gasteiger charge is 2.13. The number of carbonyl (C=O) groups is 1. The molecule has 0 aliphatic heterocycles. The number of esters is 1. The molecule has 10 heavy (non-hydrogen) atoms. The molecular formula is C6H10Br2O2. The van der Waals surface area contributed by atoms with E-state index in [1.807, 2.05) is 0 Å². The summed E-state index contributed by atoms with van der Waals surface area (Å²) in [5.41, 5.74) is 0. The van der Waals surface area contributed by atoms with Crippen molar-refractivity contribution in [1.82, 2.24) is 0 Å². The molecule has 0 radical (unpaired) electrons. The average Bonchev–Trinajstić information content (AvgIpc) is 1.89. The number of carbonyl (C=O) groups excluding carboxylic acids is 1. The molecule has 0 saturated carbocycles. The number of hydrogen-bond acceptors (Lipinski definition) is 2. The summed E-state index contributed by atoms with van der Waals surface area (Å²) in [6, 6.07) is 0. The molecular weight excluding hydrogens is 264 g/mol. The maximum absolute atomic E-state index is 10.8. The third-order valence-electron chi connectivity index (χ3n) is 0.905. The van der Waals surface area contributed by atoms with Crippen LogP contribution in [0.25, 0.3) is 0 Å². The number of ether oxygens (including phenoxy) is 1. The Balaban J connectivity index is 3.49. The molecule has 0 aliphatic carbocycles. The molecule has 0 N–H and O–H groups in total. The van der Waals surface area contributed by atoms with Crippen molar-refractivity contribution >= 4 is 37.8 Å². The van der Waals surface area contributed by atoms with Gasteiger partial charge in [0.05, 0.1) is 6.61 Å². The number of hydrogen-bond donors (Lipinski definition) is 0. The van der Waals surface area contributed by atoms with Gasteiger partial charge in [0.15, 0.2) is 0 Å². The summed E-state index contributed by atoms with van der Waals surface area (Å²) in [5, 5.41) is 0.807. The van der Waals surface area contributed by atoms with Crippen LogP contribution in [0.15, 0.2) is 0 Å². The van der Waals surface area contributed by atoms with Gasteiger partial charge in [-0.3, -0.25) is 4.79 Å². The largest absolute Gasteiger partial charge is 0.465 e. The van der Waals surface area contributed by atoms with Crippen LogP contribution in [0.5, 0.6) is 0 Å². The first-order valence-corrected chi connectivity index (χ1v) is 5.12. The van der Waals surface area contributed by atoms with E-state index < -0.39 is 0 Å². The van der Waals surface area contributed by atoms with E-state index in [-0.39, 0.29) is 10.8 Å². The molecule has 0 spiro atoms. The Hall–Kier alpha value is 0.430. The molecule has 0 unspecified atom stereocenters. The van der Waals surface area contributed by atoms with Gasteiger partial charge >= 0.3 is 5.97 Å². The lowest BCUT2D eigenvalue weighted by Crippen LogP contribution is -2.17. The van der Waals surface area contributed by atoms with E-state index in [1.165, 1.54) is 0 Å². The lowest BCUT2D eigenvalue weighted by atomic mass is 10.3. The first kappa shape index (κ1) is 10.4. The molecule has 0 bridgehead atoms. The van der Waals surface area contributed by atoms with Gasteiger partial charge in [-0.1, -0.05) is 31.9 Å². The van der Waals surface area contributed by atoms with E-state index in [0.29, 0.717) is 6.61 Å². The molecule has 0 aromatic rings. The van der Waals surface area contributed by atoms with Gasteiger partial charge in [0.25, 0.3) is 0 Å². The Morgan fingerprint density at radius 1 is 1.70 bits per heavy atom.